The summed E-state index contributed by atoms with van der Waals surface area (Å²) in [6.45, 7) is 4.08. The van der Waals surface area contributed by atoms with Gasteiger partial charge >= 0.3 is 0 Å². The molecule has 3 heteroatoms. The van der Waals surface area contributed by atoms with E-state index in [2.05, 4.69) is 0 Å². The molecule has 19 heavy (non-hydrogen) atoms. The van der Waals surface area contributed by atoms with Gasteiger partial charge in [-0.1, -0.05) is 13.8 Å². The summed E-state index contributed by atoms with van der Waals surface area (Å²) in [4.78, 5) is 0. The predicted molar refractivity (Wildman–Crippen MR) is 75.6 cm³/mol. The summed E-state index contributed by atoms with van der Waals surface area (Å²) < 4.78 is 0. The van der Waals surface area contributed by atoms with E-state index in [-0.39, 0.29) is 17.2 Å². The Morgan fingerprint density at radius 2 is 1.53 bits per heavy atom. The van der Waals surface area contributed by atoms with E-state index in [1.54, 1.807) is 18.2 Å². The number of phenolic OH excluding ortho intramolecular Hbond substituents is 3. The van der Waals surface area contributed by atoms with Crippen LogP contribution in [0.2, 0.25) is 0 Å². The van der Waals surface area contributed by atoms with E-state index in [9.17, 15) is 15.3 Å². The number of hydrogen-bond donors (Lipinski definition) is 3. The second-order valence-corrected chi connectivity index (χ2v) is 4.54. The first-order valence-corrected chi connectivity index (χ1v) is 6.43. The number of aromatic hydroxyl groups is 3. The molecule has 0 aliphatic rings. The lowest BCUT2D eigenvalue weighted by Crippen LogP contribution is -1.95. The van der Waals surface area contributed by atoms with Crippen LogP contribution in [0.25, 0.3) is 11.1 Å². The fourth-order valence-corrected chi connectivity index (χ4v) is 2.44. The lowest BCUT2D eigenvalue weighted by molar-refractivity contribution is 0.452. The van der Waals surface area contributed by atoms with Crippen LogP contribution in [0.1, 0.15) is 25.0 Å². The highest BCUT2D eigenvalue weighted by Gasteiger charge is 2.13. The first kappa shape index (κ1) is 13.3. The monoisotopic (exact) mass is 258 g/mol. The Labute approximate surface area is 112 Å². The van der Waals surface area contributed by atoms with Crippen LogP contribution >= 0.6 is 0 Å². The SMILES string of the molecule is CCc1cc(O)cc(-c2ccc(O)cc2O)c1CC. The third kappa shape index (κ3) is 2.50. The van der Waals surface area contributed by atoms with Gasteiger partial charge in [0.15, 0.2) is 0 Å². The van der Waals surface area contributed by atoms with E-state index in [1.165, 1.54) is 12.1 Å². The quantitative estimate of drug-likeness (QED) is 0.788. The molecule has 2 aromatic rings. The summed E-state index contributed by atoms with van der Waals surface area (Å²) in [7, 11) is 0. The molecule has 2 rings (SSSR count). The summed E-state index contributed by atoms with van der Waals surface area (Å²) in [6, 6.07) is 7.93. The van der Waals surface area contributed by atoms with Gasteiger partial charge in [-0.2, -0.15) is 0 Å². The minimum absolute atomic E-state index is 0.0161. The minimum Gasteiger partial charge on any atom is -0.508 e. The molecule has 3 nitrogen and oxygen atoms in total. The van der Waals surface area contributed by atoms with Crippen molar-refractivity contribution in [1.82, 2.24) is 0 Å². The van der Waals surface area contributed by atoms with Crippen LogP contribution in [-0.2, 0) is 12.8 Å². The molecule has 0 spiro atoms. The van der Waals surface area contributed by atoms with Crippen molar-refractivity contribution in [3.05, 3.63) is 41.5 Å². The van der Waals surface area contributed by atoms with Crippen LogP contribution in [0.4, 0.5) is 0 Å². The van der Waals surface area contributed by atoms with Gasteiger partial charge in [0.05, 0.1) is 0 Å². The Morgan fingerprint density at radius 3 is 2.11 bits per heavy atom. The summed E-state index contributed by atoms with van der Waals surface area (Å²) in [5, 5.41) is 29.2. The van der Waals surface area contributed by atoms with E-state index in [1.807, 2.05) is 13.8 Å². The van der Waals surface area contributed by atoms with Crippen molar-refractivity contribution in [3.63, 3.8) is 0 Å². The molecular weight excluding hydrogens is 240 g/mol. The van der Waals surface area contributed by atoms with Gasteiger partial charge in [0.25, 0.3) is 0 Å². The minimum atomic E-state index is 0.0161. The summed E-state index contributed by atoms with van der Waals surface area (Å²) in [6.07, 6.45) is 1.64. The number of benzene rings is 2. The number of rotatable bonds is 3. The van der Waals surface area contributed by atoms with Crippen LogP contribution in [0, 0.1) is 0 Å². The first-order chi connectivity index (χ1) is 9.06. The normalized spacial score (nSPS) is 10.6. The molecule has 100 valence electrons. The van der Waals surface area contributed by atoms with Gasteiger partial charge in [0.1, 0.15) is 17.2 Å². The fourth-order valence-electron chi connectivity index (χ4n) is 2.44. The highest BCUT2D eigenvalue weighted by Crippen LogP contribution is 2.37. The lowest BCUT2D eigenvalue weighted by atomic mass is 9.91. The van der Waals surface area contributed by atoms with Crippen molar-refractivity contribution in [2.75, 3.05) is 0 Å². The topological polar surface area (TPSA) is 60.7 Å². The Morgan fingerprint density at radius 1 is 0.789 bits per heavy atom. The van der Waals surface area contributed by atoms with Gasteiger partial charge in [-0.3, -0.25) is 0 Å². The van der Waals surface area contributed by atoms with E-state index in [0.29, 0.717) is 5.56 Å². The fraction of sp³-hybridized carbons (Fsp3) is 0.250. The van der Waals surface area contributed by atoms with Crippen LogP contribution < -0.4 is 0 Å². The van der Waals surface area contributed by atoms with Gasteiger partial charge < -0.3 is 15.3 Å². The smallest absolute Gasteiger partial charge is 0.127 e. The largest absolute Gasteiger partial charge is 0.508 e. The van der Waals surface area contributed by atoms with Gasteiger partial charge in [-0.25, -0.2) is 0 Å². The van der Waals surface area contributed by atoms with E-state index >= 15 is 0 Å². The van der Waals surface area contributed by atoms with Gasteiger partial charge in [0, 0.05) is 11.6 Å². The zero-order valence-corrected chi connectivity index (χ0v) is 11.1. The van der Waals surface area contributed by atoms with Crippen molar-refractivity contribution in [1.29, 1.82) is 0 Å². The molecule has 0 saturated heterocycles. The van der Waals surface area contributed by atoms with Crippen molar-refractivity contribution in [3.8, 4) is 28.4 Å². The molecule has 0 heterocycles. The number of phenols is 3. The zero-order valence-electron chi connectivity index (χ0n) is 11.1. The molecule has 0 unspecified atom stereocenters. The van der Waals surface area contributed by atoms with Crippen LogP contribution in [-0.4, -0.2) is 15.3 Å². The standard InChI is InChI=1S/C16H18O3/c1-3-10-7-12(18)8-15(13(10)4-2)14-6-5-11(17)9-16(14)19/h5-9,17-19H,3-4H2,1-2H3. The van der Waals surface area contributed by atoms with Crippen molar-refractivity contribution in [2.45, 2.75) is 26.7 Å². The Hall–Kier alpha value is -2.16. The lowest BCUT2D eigenvalue weighted by Gasteiger charge is -2.15. The summed E-state index contributed by atoms with van der Waals surface area (Å²) in [5.41, 5.74) is 3.63. The Kier molecular flexibility index (Phi) is 3.65. The molecule has 0 fully saturated rings. The molecule has 0 atom stereocenters. The maximum Gasteiger partial charge on any atom is 0.127 e. The third-order valence-electron chi connectivity index (χ3n) is 3.33. The number of hydrogen-bond acceptors (Lipinski definition) is 3. The molecule has 0 aliphatic carbocycles. The first-order valence-electron chi connectivity index (χ1n) is 6.43. The molecule has 0 aromatic heterocycles. The second kappa shape index (κ2) is 5.22. The van der Waals surface area contributed by atoms with E-state index in [4.69, 9.17) is 0 Å². The molecule has 0 aliphatic heterocycles. The van der Waals surface area contributed by atoms with Gasteiger partial charge in [0.2, 0.25) is 0 Å². The molecular formula is C16H18O3. The molecule has 0 bridgehead atoms. The maximum atomic E-state index is 9.98. The number of aryl methyl sites for hydroxylation is 1. The summed E-state index contributed by atoms with van der Waals surface area (Å²) in [5.74, 6) is 0.231. The Balaban J connectivity index is 2.70. The maximum absolute atomic E-state index is 9.98. The summed E-state index contributed by atoms with van der Waals surface area (Å²) >= 11 is 0. The molecule has 0 saturated carbocycles. The average Bonchev–Trinajstić information content (AvgIpc) is 2.37. The van der Waals surface area contributed by atoms with E-state index < -0.39 is 0 Å². The Bertz CT molecular complexity index is 603. The van der Waals surface area contributed by atoms with Crippen molar-refractivity contribution < 1.29 is 15.3 Å². The second-order valence-electron chi connectivity index (χ2n) is 4.54. The highest BCUT2D eigenvalue weighted by molar-refractivity contribution is 5.76. The molecule has 2 aromatic carbocycles. The van der Waals surface area contributed by atoms with Crippen LogP contribution in [0.15, 0.2) is 30.3 Å². The van der Waals surface area contributed by atoms with Gasteiger partial charge in [-0.05, 0) is 53.8 Å². The van der Waals surface area contributed by atoms with Crippen LogP contribution in [0.5, 0.6) is 17.2 Å². The van der Waals surface area contributed by atoms with Gasteiger partial charge in [-0.15, -0.1) is 0 Å². The molecule has 0 amide bonds. The molecule has 0 radical (unpaired) electrons. The van der Waals surface area contributed by atoms with Crippen molar-refractivity contribution in [2.24, 2.45) is 0 Å². The zero-order chi connectivity index (χ0) is 14.0. The highest BCUT2D eigenvalue weighted by atomic mass is 16.3. The van der Waals surface area contributed by atoms with Crippen molar-refractivity contribution >= 4 is 0 Å². The van der Waals surface area contributed by atoms with Crippen LogP contribution in [0.3, 0.4) is 0 Å². The average molecular weight is 258 g/mol. The molecule has 3 N–H and O–H groups in total. The predicted octanol–water partition coefficient (Wildman–Crippen LogP) is 3.60. The van der Waals surface area contributed by atoms with E-state index in [0.717, 1.165) is 29.5 Å². The third-order valence-corrected chi connectivity index (χ3v) is 3.33.